The Hall–Kier alpha value is -2.37. The van der Waals surface area contributed by atoms with E-state index < -0.39 is 0 Å². The SMILES string of the molecule is Cc1nc(CNC(=O)c2ccc3c(c2)CCN3)no1. The van der Waals surface area contributed by atoms with Crippen LogP contribution in [-0.2, 0) is 13.0 Å². The van der Waals surface area contributed by atoms with Crippen molar-refractivity contribution in [3.63, 3.8) is 0 Å². The van der Waals surface area contributed by atoms with E-state index in [1.54, 1.807) is 6.92 Å². The zero-order chi connectivity index (χ0) is 13.2. The molecule has 6 heteroatoms. The Morgan fingerprint density at radius 2 is 2.42 bits per heavy atom. The summed E-state index contributed by atoms with van der Waals surface area (Å²) in [4.78, 5) is 16.0. The number of carbonyl (C=O) groups excluding carboxylic acids is 1. The summed E-state index contributed by atoms with van der Waals surface area (Å²) in [5.74, 6) is 0.846. The Kier molecular flexibility index (Phi) is 2.91. The lowest BCUT2D eigenvalue weighted by Crippen LogP contribution is -2.23. The van der Waals surface area contributed by atoms with Gasteiger partial charge in [0.05, 0.1) is 6.54 Å². The Bertz CT molecular complexity index is 621. The Labute approximate surface area is 110 Å². The highest BCUT2D eigenvalue weighted by Gasteiger charge is 2.13. The van der Waals surface area contributed by atoms with Gasteiger partial charge in [0.2, 0.25) is 5.89 Å². The van der Waals surface area contributed by atoms with E-state index >= 15 is 0 Å². The van der Waals surface area contributed by atoms with Gasteiger partial charge in [-0.2, -0.15) is 4.98 Å². The second-order valence-electron chi connectivity index (χ2n) is 4.46. The number of hydrogen-bond acceptors (Lipinski definition) is 5. The van der Waals surface area contributed by atoms with Crippen LogP contribution < -0.4 is 10.6 Å². The third-order valence-corrected chi connectivity index (χ3v) is 3.05. The van der Waals surface area contributed by atoms with Gasteiger partial charge in [0, 0.05) is 24.7 Å². The minimum absolute atomic E-state index is 0.128. The number of nitrogens with one attached hydrogen (secondary N) is 2. The van der Waals surface area contributed by atoms with Crippen molar-refractivity contribution in [3.05, 3.63) is 41.0 Å². The summed E-state index contributed by atoms with van der Waals surface area (Å²) in [5, 5.41) is 9.77. The van der Waals surface area contributed by atoms with Crippen LogP contribution in [0.3, 0.4) is 0 Å². The summed E-state index contributed by atoms with van der Waals surface area (Å²) in [6.45, 7) is 2.92. The predicted octanol–water partition coefficient (Wildman–Crippen LogP) is 1.28. The molecule has 1 aromatic carbocycles. The van der Waals surface area contributed by atoms with Crippen molar-refractivity contribution in [2.75, 3.05) is 11.9 Å². The van der Waals surface area contributed by atoms with E-state index in [1.807, 2.05) is 18.2 Å². The topological polar surface area (TPSA) is 80.0 Å². The van der Waals surface area contributed by atoms with Gasteiger partial charge in [-0.15, -0.1) is 0 Å². The zero-order valence-corrected chi connectivity index (χ0v) is 10.6. The van der Waals surface area contributed by atoms with Crippen LogP contribution >= 0.6 is 0 Å². The van der Waals surface area contributed by atoms with E-state index in [-0.39, 0.29) is 12.5 Å². The fourth-order valence-electron chi connectivity index (χ4n) is 2.12. The molecule has 1 aromatic heterocycles. The predicted molar refractivity (Wildman–Crippen MR) is 68.8 cm³/mol. The van der Waals surface area contributed by atoms with Crippen LogP contribution in [0.2, 0.25) is 0 Å². The summed E-state index contributed by atoms with van der Waals surface area (Å²) in [6, 6.07) is 5.68. The van der Waals surface area contributed by atoms with Gasteiger partial charge in [0.15, 0.2) is 5.82 Å². The number of carbonyl (C=O) groups is 1. The Morgan fingerprint density at radius 3 is 3.21 bits per heavy atom. The lowest BCUT2D eigenvalue weighted by Gasteiger charge is -2.05. The molecule has 0 atom stereocenters. The molecule has 19 heavy (non-hydrogen) atoms. The van der Waals surface area contributed by atoms with E-state index in [1.165, 1.54) is 5.56 Å². The molecule has 0 bridgehead atoms. The molecule has 2 heterocycles. The van der Waals surface area contributed by atoms with Gasteiger partial charge >= 0.3 is 0 Å². The fraction of sp³-hybridized carbons (Fsp3) is 0.308. The molecule has 1 aliphatic rings. The second-order valence-corrected chi connectivity index (χ2v) is 4.46. The molecule has 0 spiro atoms. The number of anilines is 1. The van der Waals surface area contributed by atoms with Gasteiger partial charge in [0.25, 0.3) is 5.91 Å². The molecule has 1 amide bonds. The number of aryl methyl sites for hydroxylation is 1. The number of nitrogens with zero attached hydrogens (tertiary/aromatic N) is 2. The van der Waals surface area contributed by atoms with Gasteiger partial charge in [-0.3, -0.25) is 4.79 Å². The first-order chi connectivity index (χ1) is 9.22. The molecule has 1 aliphatic heterocycles. The molecular formula is C13H14N4O2. The number of aromatic nitrogens is 2. The second kappa shape index (κ2) is 4.72. The van der Waals surface area contributed by atoms with Crippen molar-refractivity contribution in [2.45, 2.75) is 19.9 Å². The van der Waals surface area contributed by atoms with E-state index in [0.717, 1.165) is 18.7 Å². The average Bonchev–Trinajstić information content (AvgIpc) is 3.03. The third kappa shape index (κ3) is 2.42. The molecule has 0 radical (unpaired) electrons. The van der Waals surface area contributed by atoms with Crippen molar-refractivity contribution >= 4 is 11.6 Å². The quantitative estimate of drug-likeness (QED) is 0.866. The Balaban J connectivity index is 1.67. The highest BCUT2D eigenvalue weighted by Crippen LogP contribution is 2.22. The van der Waals surface area contributed by atoms with Crippen molar-refractivity contribution < 1.29 is 9.32 Å². The molecule has 2 N–H and O–H groups in total. The van der Waals surface area contributed by atoms with Crippen LogP contribution in [0.25, 0.3) is 0 Å². The van der Waals surface area contributed by atoms with Crippen molar-refractivity contribution in [1.82, 2.24) is 15.5 Å². The smallest absolute Gasteiger partial charge is 0.251 e. The minimum Gasteiger partial charge on any atom is -0.384 e. The van der Waals surface area contributed by atoms with Crippen LogP contribution in [0.1, 0.15) is 27.6 Å². The van der Waals surface area contributed by atoms with Crippen LogP contribution in [0.5, 0.6) is 0 Å². The summed E-state index contributed by atoms with van der Waals surface area (Å²) >= 11 is 0. The molecule has 98 valence electrons. The molecule has 0 saturated carbocycles. The van der Waals surface area contributed by atoms with Crippen LogP contribution in [0, 0.1) is 6.92 Å². The van der Waals surface area contributed by atoms with Crippen LogP contribution in [0.15, 0.2) is 22.7 Å². The standard InChI is InChI=1S/C13H14N4O2/c1-8-16-12(17-19-8)7-15-13(18)10-2-3-11-9(6-10)4-5-14-11/h2-3,6,14H,4-5,7H2,1H3,(H,15,18). The number of hydrogen-bond donors (Lipinski definition) is 2. The number of benzene rings is 1. The highest BCUT2D eigenvalue weighted by molar-refractivity contribution is 5.94. The monoisotopic (exact) mass is 258 g/mol. The molecule has 2 aromatic rings. The first kappa shape index (κ1) is 11.7. The van der Waals surface area contributed by atoms with Crippen molar-refractivity contribution in [3.8, 4) is 0 Å². The summed E-state index contributed by atoms with van der Waals surface area (Å²) in [7, 11) is 0. The van der Waals surface area contributed by atoms with Gasteiger partial charge < -0.3 is 15.2 Å². The lowest BCUT2D eigenvalue weighted by atomic mass is 10.1. The maximum Gasteiger partial charge on any atom is 0.251 e. The first-order valence-corrected chi connectivity index (χ1v) is 6.16. The molecule has 0 aliphatic carbocycles. The molecular weight excluding hydrogens is 244 g/mol. The van der Waals surface area contributed by atoms with Gasteiger partial charge in [-0.05, 0) is 30.2 Å². The van der Waals surface area contributed by atoms with Gasteiger partial charge in [0.1, 0.15) is 0 Å². The van der Waals surface area contributed by atoms with Crippen molar-refractivity contribution in [1.29, 1.82) is 0 Å². The minimum atomic E-state index is -0.128. The number of amides is 1. The van der Waals surface area contributed by atoms with Crippen LogP contribution in [-0.4, -0.2) is 22.6 Å². The Morgan fingerprint density at radius 1 is 1.53 bits per heavy atom. The molecule has 3 rings (SSSR count). The maximum atomic E-state index is 12.0. The average molecular weight is 258 g/mol. The molecule has 6 nitrogen and oxygen atoms in total. The normalized spacial score (nSPS) is 12.9. The fourth-order valence-corrected chi connectivity index (χ4v) is 2.12. The third-order valence-electron chi connectivity index (χ3n) is 3.05. The highest BCUT2D eigenvalue weighted by atomic mass is 16.5. The lowest BCUT2D eigenvalue weighted by molar-refractivity contribution is 0.0949. The summed E-state index contributed by atoms with van der Waals surface area (Å²) in [5.41, 5.74) is 2.95. The van der Waals surface area contributed by atoms with E-state index in [2.05, 4.69) is 20.8 Å². The summed E-state index contributed by atoms with van der Waals surface area (Å²) < 4.78 is 4.84. The zero-order valence-electron chi connectivity index (χ0n) is 10.6. The van der Waals surface area contributed by atoms with E-state index in [4.69, 9.17) is 4.52 Å². The molecule has 0 saturated heterocycles. The largest absolute Gasteiger partial charge is 0.384 e. The van der Waals surface area contributed by atoms with Gasteiger partial charge in [-0.25, -0.2) is 0 Å². The molecule has 0 unspecified atom stereocenters. The van der Waals surface area contributed by atoms with Gasteiger partial charge in [-0.1, -0.05) is 5.16 Å². The maximum absolute atomic E-state index is 12.0. The van der Waals surface area contributed by atoms with E-state index in [9.17, 15) is 4.79 Å². The van der Waals surface area contributed by atoms with E-state index in [0.29, 0.717) is 17.3 Å². The van der Waals surface area contributed by atoms with Crippen LogP contribution in [0.4, 0.5) is 5.69 Å². The molecule has 0 fully saturated rings. The first-order valence-electron chi connectivity index (χ1n) is 6.16. The number of fused-ring (bicyclic) bond motifs is 1. The number of rotatable bonds is 3. The van der Waals surface area contributed by atoms with Crippen molar-refractivity contribution in [2.24, 2.45) is 0 Å². The summed E-state index contributed by atoms with van der Waals surface area (Å²) in [6.07, 6.45) is 0.959.